The van der Waals surface area contributed by atoms with Gasteiger partial charge >= 0.3 is 5.97 Å². The van der Waals surface area contributed by atoms with Gasteiger partial charge in [0.15, 0.2) is 5.69 Å². The van der Waals surface area contributed by atoms with Gasteiger partial charge in [0, 0.05) is 12.4 Å². The minimum Gasteiger partial charge on any atom is -0.462 e. The summed E-state index contributed by atoms with van der Waals surface area (Å²) in [4.78, 5) is 16.3. The molecule has 0 saturated heterocycles. The molecule has 1 aromatic carbocycles. The molecule has 0 saturated carbocycles. The van der Waals surface area contributed by atoms with E-state index in [4.69, 9.17) is 4.74 Å². The van der Waals surface area contributed by atoms with E-state index < -0.39 is 5.97 Å². The Hall–Kier alpha value is -3.39. The molecule has 0 radical (unpaired) electrons. The van der Waals surface area contributed by atoms with Gasteiger partial charge in [-0.2, -0.15) is 5.10 Å². The number of hydrogen-bond donors (Lipinski definition) is 0. The van der Waals surface area contributed by atoms with Crippen LogP contribution >= 0.6 is 0 Å². The van der Waals surface area contributed by atoms with Crippen LogP contribution in [0.25, 0.3) is 5.69 Å². The predicted octanol–water partition coefficient (Wildman–Crippen LogP) is 2.84. The third-order valence-electron chi connectivity index (χ3n) is 3.20. The lowest BCUT2D eigenvalue weighted by Gasteiger charge is -1.99. The molecule has 3 aromatic rings. The van der Waals surface area contributed by atoms with E-state index in [2.05, 4.69) is 21.9 Å². The standard InChI is InChI=1S/C19H15N3O2/c1-2-24-19(23)17-14-22(16-9-4-3-5-10-16)21-18(17)12-11-15-8-6-7-13-20-15/h3-10,13-14H,2H2,1H3. The van der Waals surface area contributed by atoms with Crippen molar-refractivity contribution in [3.8, 4) is 17.5 Å². The quantitative estimate of drug-likeness (QED) is 0.550. The molecule has 3 rings (SSSR count). The van der Waals surface area contributed by atoms with Gasteiger partial charge in [0.25, 0.3) is 0 Å². The van der Waals surface area contributed by atoms with Crippen LogP contribution in [-0.2, 0) is 4.74 Å². The number of para-hydroxylation sites is 1. The predicted molar refractivity (Wildman–Crippen MR) is 89.7 cm³/mol. The smallest absolute Gasteiger partial charge is 0.342 e. The monoisotopic (exact) mass is 317 g/mol. The molecule has 0 bridgehead atoms. The topological polar surface area (TPSA) is 57.0 Å². The van der Waals surface area contributed by atoms with Crippen LogP contribution in [0, 0.1) is 11.8 Å². The van der Waals surface area contributed by atoms with Crippen LogP contribution in [0.2, 0.25) is 0 Å². The Morgan fingerprint density at radius 3 is 2.62 bits per heavy atom. The van der Waals surface area contributed by atoms with Crippen molar-refractivity contribution in [3.05, 3.63) is 77.9 Å². The molecule has 2 aromatic heterocycles. The average molecular weight is 317 g/mol. The first-order valence-corrected chi connectivity index (χ1v) is 7.53. The zero-order chi connectivity index (χ0) is 16.8. The molecule has 5 nitrogen and oxygen atoms in total. The van der Waals surface area contributed by atoms with E-state index in [9.17, 15) is 4.79 Å². The Morgan fingerprint density at radius 2 is 1.92 bits per heavy atom. The minimum atomic E-state index is -0.440. The molecule has 0 aliphatic heterocycles. The number of pyridine rings is 1. The lowest BCUT2D eigenvalue weighted by molar-refractivity contribution is 0.0526. The highest BCUT2D eigenvalue weighted by Gasteiger charge is 2.17. The van der Waals surface area contributed by atoms with E-state index in [0.717, 1.165) is 5.69 Å². The van der Waals surface area contributed by atoms with E-state index in [0.29, 0.717) is 23.6 Å². The fourth-order valence-corrected chi connectivity index (χ4v) is 2.10. The third-order valence-corrected chi connectivity index (χ3v) is 3.20. The molecule has 0 N–H and O–H groups in total. The van der Waals surface area contributed by atoms with Gasteiger partial charge in [0.1, 0.15) is 11.3 Å². The molecular formula is C19H15N3O2. The molecule has 0 fully saturated rings. The first-order valence-electron chi connectivity index (χ1n) is 7.53. The Bertz CT molecular complexity index is 891. The summed E-state index contributed by atoms with van der Waals surface area (Å²) in [7, 11) is 0. The molecule has 24 heavy (non-hydrogen) atoms. The highest BCUT2D eigenvalue weighted by Crippen LogP contribution is 2.13. The van der Waals surface area contributed by atoms with Gasteiger partial charge in [-0.25, -0.2) is 14.5 Å². The highest BCUT2D eigenvalue weighted by molar-refractivity contribution is 5.91. The normalized spacial score (nSPS) is 9.88. The summed E-state index contributed by atoms with van der Waals surface area (Å²) >= 11 is 0. The van der Waals surface area contributed by atoms with Crippen LogP contribution in [0.4, 0.5) is 0 Å². The Kier molecular flexibility index (Phi) is 4.68. The Balaban J connectivity index is 2.02. The number of carbonyl (C=O) groups is 1. The number of hydrogen-bond acceptors (Lipinski definition) is 4. The van der Waals surface area contributed by atoms with Crippen LogP contribution < -0.4 is 0 Å². The average Bonchev–Trinajstić information content (AvgIpc) is 3.06. The number of carbonyl (C=O) groups excluding carboxylic acids is 1. The number of nitrogens with zero attached hydrogens (tertiary/aromatic N) is 3. The molecule has 118 valence electrons. The maximum Gasteiger partial charge on any atom is 0.342 e. The molecule has 2 heterocycles. The molecule has 0 aliphatic carbocycles. The van der Waals surface area contributed by atoms with Crippen molar-refractivity contribution in [1.29, 1.82) is 0 Å². The lowest BCUT2D eigenvalue weighted by Crippen LogP contribution is -2.05. The Labute approximate surface area is 139 Å². The first kappa shape index (κ1) is 15.5. The zero-order valence-corrected chi connectivity index (χ0v) is 13.1. The number of esters is 1. The minimum absolute atomic E-state index is 0.294. The maximum atomic E-state index is 12.2. The third kappa shape index (κ3) is 3.50. The molecule has 0 amide bonds. The van der Waals surface area contributed by atoms with E-state index in [1.54, 1.807) is 30.1 Å². The Morgan fingerprint density at radius 1 is 1.12 bits per heavy atom. The van der Waals surface area contributed by atoms with Crippen molar-refractivity contribution in [2.24, 2.45) is 0 Å². The van der Waals surface area contributed by atoms with Crippen molar-refractivity contribution < 1.29 is 9.53 Å². The van der Waals surface area contributed by atoms with Crippen LogP contribution in [0.15, 0.2) is 60.9 Å². The van der Waals surface area contributed by atoms with Crippen molar-refractivity contribution in [2.75, 3.05) is 6.61 Å². The summed E-state index contributed by atoms with van der Waals surface area (Å²) < 4.78 is 6.71. The second-order valence-electron chi connectivity index (χ2n) is 4.86. The molecular weight excluding hydrogens is 302 g/mol. The number of benzene rings is 1. The van der Waals surface area contributed by atoms with E-state index in [1.807, 2.05) is 42.5 Å². The van der Waals surface area contributed by atoms with Gasteiger partial charge in [-0.3, -0.25) is 0 Å². The summed E-state index contributed by atoms with van der Waals surface area (Å²) in [5.74, 6) is 5.39. The van der Waals surface area contributed by atoms with Crippen molar-refractivity contribution in [3.63, 3.8) is 0 Å². The van der Waals surface area contributed by atoms with E-state index in [-0.39, 0.29) is 0 Å². The first-order chi connectivity index (χ1) is 11.8. The summed E-state index contributed by atoms with van der Waals surface area (Å²) in [6.45, 7) is 2.06. The zero-order valence-electron chi connectivity index (χ0n) is 13.1. The van der Waals surface area contributed by atoms with Crippen LogP contribution in [0.3, 0.4) is 0 Å². The van der Waals surface area contributed by atoms with Gasteiger partial charge in [0.2, 0.25) is 0 Å². The number of ether oxygens (including phenoxy) is 1. The molecule has 0 unspecified atom stereocenters. The van der Waals surface area contributed by atoms with Gasteiger partial charge in [-0.1, -0.05) is 24.3 Å². The van der Waals surface area contributed by atoms with Crippen LogP contribution in [0.1, 0.15) is 28.7 Å². The fraction of sp³-hybridized carbons (Fsp3) is 0.105. The lowest BCUT2D eigenvalue weighted by atomic mass is 10.2. The largest absolute Gasteiger partial charge is 0.462 e. The van der Waals surface area contributed by atoms with Gasteiger partial charge in [0.05, 0.1) is 12.3 Å². The SMILES string of the molecule is CCOC(=O)c1cn(-c2ccccc2)nc1C#Cc1ccccn1. The van der Waals surface area contributed by atoms with Crippen LogP contribution in [-0.4, -0.2) is 27.3 Å². The summed E-state index contributed by atoms with van der Waals surface area (Å²) in [6.07, 6.45) is 3.30. The van der Waals surface area contributed by atoms with Gasteiger partial charge in [-0.05, 0) is 43.0 Å². The number of aromatic nitrogens is 3. The fourth-order valence-electron chi connectivity index (χ4n) is 2.10. The van der Waals surface area contributed by atoms with Crippen LogP contribution in [0.5, 0.6) is 0 Å². The molecule has 0 aliphatic rings. The summed E-state index contributed by atoms with van der Waals surface area (Å²) in [6, 6.07) is 15.0. The maximum absolute atomic E-state index is 12.2. The van der Waals surface area contributed by atoms with Gasteiger partial charge in [-0.15, -0.1) is 0 Å². The highest BCUT2D eigenvalue weighted by atomic mass is 16.5. The number of rotatable bonds is 3. The van der Waals surface area contributed by atoms with E-state index in [1.165, 1.54) is 0 Å². The second kappa shape index (κ2) is 7.25. The molecule has 0 spiro atoms. The summed E-state index contributed by atoms with van der Waals surface area (Å²) in [5.41, 5.74) is 2.16. The summed E-state index contributed by atoms with van der Waals surface area (Å²) in [5, 5.41) is 4.41. The van der Waals surface area contributed by atoms with Crippen molar-refractivity contribution in [2.45, 2.75) is 6.92 Å². The van der Waals surface area contributed by atoms with Gasteiger partial charge < -0.3 is 4.74 Å². The molecule has 0 atom stereocenters. The van der Waals surface area contributed by atoms with Crippen molar-refractivity contribution >= 4 is 5.97 Å². The van der Waals surface area contributed by atoms with E-state index >= 15 is 0 Å². The molecule has 5 heteroatoms. The second-order valence-corrected chi connectivity index (χ2v) is 4.86. The van der Waals surface area contributed by atoms with Crippen molar-refractivity contribution in [1.82, 2.24) is 14.8 Å².